The number of halogens is 2. The molecule has 0 radical (unpaired) electrons. The molecular weight excluding hydrogens is 569 g/mol. The van der Waals surface area contributed by atoms with Crippen molar-refractivity contribution < 1.29 is 18.0 Å². The van der Waals surface area contributed by atoms with Crippen molar-refractivity contribution in [2.45, 2.75) is 64.6 Å². The third-order valence-corrected chi connectivity index (χ3v) is 8.75. The van der Waals surface area contributed by atoms with Crippen LogP contribution in [0, 0.1) is 13.8 Å². The topological polar surface area (TPSA) is 86.8 Å². The summed E-state index contributed by atoms with van der Waals surface area (Å²) in [6, 6.07) is 17.4. The van der Waals surface area contributed by atoms with Crippen LogP contribution in [0.25, 0.3) is 0 Å². The highest BCUT2D eigenvalue weighted by Crippen LogP contribution is 2.31. The summed E-state index contributed by atoms with van der Waals surface area (Å²) in [5.41, 5.74) is 2.39. The van der Waals surface area contributed by atoms with Gasteiger partial charge in [0.1, 0.15) is 12.6 Å². The van der Waals surface area contributed by atoms with Gasteiger partial charge in [-0.05, 0) is 77.4 Å². The molecule has 40 heavy (non-hydrogen) atoms. The van der Waals surface area contributed by atoms with E-state index >= 15 is 0 Å². The van der Waals surface area contributed by atoms with Crippen molar-refractivity contribution in [2.75, 3.05) is 10.8 Å². The fraction of sp³-hybridized carbons (Fsp3) is 0.333. The molecular formula is C30H35Cl2N3O4S. The lowest BCUT2D eigenvalue weighted by Gasteiger charge is -2.33. The highest BCUT2D eigenvalue weighted by atomic mass is 35.5. The van der Waals surface area contributed by atoms with Gasteiger partial charge in [0.15, 0.2) is 0 Å². The van der Waals surface area contributed by atoms with E-state index in [1.165, 1.54) is 35.2 Å². The number of rotatable bonds is 9. The number of hydrogen-bond donors (Lipinski definition) is 1. The molecule has 1 atom stereocenters. The van der Waals surface area contributed by atoms with Gasteiger partial charge in [-0.3, -0.25) is 13.9 Å². The Labute approximate surface area is 247 Å². The van der Waals surface area contributed by atoms with E-state index in [4.69, 9.17) is 23.2 Å². The second-order valence-electron chi connectivity index (χ2n) is 10.8. The van der Waals surface area contributed by atoms with Gasteiger partial charge in [-0.1, -0.05) is 70.7 Å². The molecule has 214 valence electrons. The summed E-state index contributed by atoms with van der Waals surface area (Å²) in [5, 5.41) is 3.30. The van der Waals surface area contributed by atoms with Gasteiger partial charge in [-0.15, -0.1) is 0 Å². The van der Waals surface area contributed by atoms with Crippen LogP contribution >= 0.6 is 23.2 Å². The summed E-state index contributed by atoms with van der Waals surface area (Å²) in [7, 11) is -4.20. The second kappa shape index (κ2) is 12.6. The second-order valence-corrected chi connectivity index (χ2v) is 13.5. The van der Waals surface area contributed by atoms with Crippen LogP contribution in [0.2, 0.25) is 10.0 Å². The zero-order chi connectivity index (χ0) is 29.8. The normalized spacial score (nSPS) is 12.5. The summed E-state index contributed by atoms with van der Waals surface area (Å²) >= 11 is 12.3. The van der Waals surface area contributed by atoms with Crippen molar-refractivity contribution in [2.24, 2.45) is 0 Å². The van der Waals surface area contributed by atoms with Crippen LogP contribution < -0.4 is 9.62 Å². The van der Waals surface area contributed by atoms with E-state index in [1.54, 1.807) is 19.1 Å². The fourth-order valence-corrected chi connectivity index (χ4v) is 5.65. The van der Waals surface area contributed by atoms with Crippen LogP contribution in [0.4, 0.5) is 5.69 Å². The minimum Gasteiger partial charge on any atom is -0.350 e. The first-order valence-corrected chi connectivity index (χ1v) is 15.0. The van der Waals surface area contributed by atoms with Gasteiger partial charge < -0.3 is 10.2 Å². The fourth-order valence-electron chi connectivity index (χ4n) is 3.95. The van der Waals surface area contributed by atoms with E-state index in [0.29, 0.717) is 0 Å². The van der Waals surface area contributed by atoms with E-state index < -0.39 is 34.1 Å². The molecule has 2 amide bonds. The lowest BCUT2D eigenvalue weighted by molar-refractivity contribution is -0.140. The van der Waals surface area contributed by atoms with Gasteiger partial charge in [0.2, 0.25) is 11.8 Å². The molecule has 0 bridgehead atoms. The van der Waals surface area contributed by atoms with E-state index in [0.717, 1.165) is 21.0 Å². The first-order chi connectivity index (χ1) is 18.6. The van der Waals surface area contributed by atoms with Gasteiger partial charge in [0.05, 0.1) is 20.6 Å². The first kappa shape index (κ1) is 31.5. The maximum absolute atomic E-state index is 14.0. The minimum atomic E-state index is -4.20. The van der Waals surface area contributed by atoms with E-state index in [1.807, 2.05) is 58.9 Å². The average Bonchev–Trinajstić information content (AvgIpc) is 2.87. The summed E-state index contributed by atoms with van der Waals surface area (Å²) in [4.78, 5) is 28.5. The SMILES string of the molecule is Cc1ccc(CN(C(=O)CN(c2ccc(Cl)c(Cl)c2)S(=O)(=O)c2ccc(C)cc2)[C@@H](C)C(=O)NC(C)(C)C)cc1. The van der Waals surface area contributed by atoms with Crippen molar-refractivity contribution in [1.29, 1.82) is 0 Å². The van der Waals surface area contributed by atoms with E-state index in [-0.39, 0.29) is 33.1 Å². The molecule has 0 unspecified atom stereocenters. The summed E-state index contributed by atoms with van der Waals surface area (Å²) in [6.45, 7) is 10.5. The molecule has 0 heterocycles. The standard InChI is InChI=1S/C30H35Cl2N3O4S/c1-20-7-11-23(12-8-20)18-34(22(3)29(37)33-30(4,5)6)28(36)19-35(24-13-16-26(31)27(32)17-24)40(38,39)25-14-9-21(2)10-15-25/h7-17,22H,18-19H2,1-6H3,(H,33,37)/t22-/m0/s1. The number of carbonyl (C=O) groups is 2. The quantitative estimate of drug-likeness (QED) is 0.318. The number of nitrogens with one attached hydrogen (secondary N) is 1. The minimum absolute atomic E-state index is 0.0144. The van der Waals surface area contributed by atoms with E-state index in [2.05, 4.69) is 5.32 Å². The number of carbonyl (C=O) groups excluding carboxylic acids is 2. The Balaban J connectivity index is 2.06. The van der Waals surface area contributed by atoms with Gasteiger partial charge >= 0.3 is 0 Å². The van der Waals surface area contributed by atoms with Gasteiger partial charge in [0.25, 0.3) is 10.0 Å². The Hall–Kier alpha value is -3.07. The van der Waals surface area contributed by atoms with Crippen molar-refractivity contribution in [1.82, 2.24) is 10.2 Å². The zero-order valence-electron chi connectivity index (χ0n) is 23.5. The maximum atomic E-state index is 14.0. The molecule has 3 aromatic carbocycles. The first-order valence-electron chi connectivity index (χ1n) is 12.8. The monoisotopic (exact) mass is 603 g/mol. The Morgan fingerprint density at radius 3 is 1.95 bits per heavy atom. The Morgan fingerprint density at radius 1 is 0.875 bits per heavy atom. The Kier molecular flexibility index (Phi) is 9.93. The van der Waals surface area contributed by atoms with Gasteiger partial charge in [-0.25, -0.2) is 8.42 Å². The highest BCUT2D eigenvalue weighted by molar-refractivity contribution is 7.92. The highest BCUT2D eigenvalue weighted by Gasteiger charge is 2.33. The van der Waals surface area contributed by atoms with Crippen LogP contribution in [0.15, 0.2) is 71.6 Å². The predicted molar refractivity (Wildman–Crippen MR) is 161 cm³/mol. The largest absolute Gasteiger partial charge is 0.350 e. The number of hydrogen-bond acceptors (Lipinski definition) is 4. The van der Waals surface area contributed by atoms with E-state index in [9.17, 15) is 18.0 Å². The predicted octanol–water partition coefficient (Wildman–Crippen LogP) is 6.14. The molecule has 0 aliphatic rings. The lowest BCUT2D eigenvalue weighted by atomic mass is 10.1. The Bertz CT molecular complexity index is 1470. The van der Waals surface area contributed by atoms with Gasteiger partial charge in [0, 0.05) is 12.1 Å². The lowest BCUT2D eigenvalue weighted by Crippen LogP contribution is -2.54. The zero-order valence-corrected chi connectivity index (χ0v) is 25.9. The molecule has 7 nitrogen and oxygen atoms in total. The number of sulfonamides is 1. The molecule has 0 saturated carbocycles. The molecule has 0 aliphatic carbocycles. The number of nitrogens with zero attached hydrogens (tertiary/aromatic N) is 2. The third kappa shape index (κ3) is 7.99. The smallest absolute Gasteiger partial charge is 0.264 e. The van der Waals surface area contributed by atoms with Crippen molar-refractivity contribution >= 4 is 50.7 Å². The summed E-state index contributed by atoms with van der Waals surface area (Å²) < 4.78 is 28.8. The van der Waals surface area contributed by atoms with Crippen molar-refractivity contribution in [3.63, 3.8) is 0 Å². The number of anilines is 1. The molecule has 0 aromatic heterocycles. The number of aryl methyl sites for hydroxylation is 2. The summed E-state index contributed by atoms with van der Waals surface area (Å²) in [5.74, 6) is -0.908. The van der Waals surface area contributed by atoms with Crippen molar-refractivity contribution in [3.05, 3.63) is 93.5 Å². The Morgan fingerprint density at radius 2 is 1.43 bits per heavy atom. The molecule has 0 aliphatic heterocycles. The molecule has 0 fully saturated rings. The molecule has 0 saturated heterocycles. The summed E-state index contributed by atoms with van der Waals surface area (Å²) in [6.07, 6.45) is 0. The molecule has 3 aromatic rings. The van der Waals surface area contributed by atoms with Crippen LogP contribution in [0.1, 0.15) is 44.4 Å². The van der Waals surface area contributed by atoms with Crippen LogP contribution in [-0.2, 0) is 26.2 Å². The number of benzene rings is 3. The molecule has 10 heteroatoms. The third-order valence-electron chi connectivity index (χ3n) is 6.22. The molecule has 0 spiro atoms. The average molecular weight is 605 g/mol. The van der Waals surface area contributed by atoms with Crippen molar-refractivity contribution in [3.8, 4) is 0 Å². The van der Waals surface area contributed by atoms with Crippen LogP contribution in [0.3, 0.4) is 0 Å². The van der Waals surface area contributed by atoms with Crippen LogP contribution in [-0.4, -0.2) is 43.3 Å². The molecule has 3 rings (SSSR count). The number of amides is 2. The van der Waals surface area contributed by atoms with Gasteiger partial charge in [-0.2, -0.15) is 0 Å². The van der Waals surface area contributed by atoms with Crippen LogP contribution in [0.5, 0.6) is 0 Å². The maximum Gasteiger partial charge on any atom is 0.264 e. The molecule has 1 N–H and O–H groups in total.